The SMILES string of the molecule is O=CCC(Sc1ccc(Cl)cc1)c1ccccc1. The molecule has 0 bridgehead atoms. The number of thioether (sulfide) groups is 1. The minimum Gasteiger partial charge on any atom is -0.303 e. The van der Waals surface area contributed by atoms with Crippen LogP contribution in [0.1, 0.15) is 17.2 Å². The predicted molar refractivity (Wildman–Crippen MR) is 77.2 cm³/mol. The fourth-order valence-electron chi connectivity index (χ4n) is 1.68. The van der Waals surface area contributed by atoms with Crippen LogP contribution in [0.4, 0.5) is 0 Å². The van der Waals surface area contributed by atoms with Gasteiger partial charge in [-0.05, 0) is 29.8 Å². The zero-order valence-electron chi connectivity index (χ0n) is 9.75. The van der Waals surface area contributed by atoms with Crippen molar-refractivity contribution in [2.75, 3.05) is 0 Å². The first kappa shape index (κ1) is 13.2. The Labute approximate surface area is 116 Å². The fraction of sp³-hybridized carbons (Fsp3) is 0.133. The summed E-state index contributed by atoms with van der Waals surface area (Å²) in [7, 11) is 0. The molecule has 18 heavy (non-hydrogen) atoms. The van der Waals surface area contributed by atoms with Crippen LogP contribution in [0.3, 0.4) is 0 Å². The summed E-state index contributed by atoms with van der Waals surface area (Å²) in [6, 6.07) is 17.8. The van der Waals surface area contributed by atoms with Gasteiger partial charge in [-0.25, -0.2) is 0 Å². The van der Waals surface area contributed by atoms with Crippen molar-refractivity contribution in [1.82, 2.24) is 0 Å². The van der Waals surface area contributed by atoms with Crippen molar-refractivity contribution in [1.29, 1.82) is 0 Å². The second-order valence-electron chi connectivity index (χ2n) is 3.87. The summed E-state index contributed by atoms with van der Waals surface area (Å²) < 4.78 is 0. The van der Waals surface area contributed by atoms with E-state index in [0.29, 0.717) is 6.42 Å². The maximum atomic E-state index is 10.8. The lowest BCUT2D eigenvalue weighted by atomic mass is 10.1. The van der Waals surface area contributed by atoms with Gasteiger partial charge in [0.1, 0.15) is 6.29 Å². The van der Waals surface area contributed by atoms with Gasteiger partial charge in [0.05, 0.1) is 0 Å². The number of hydrogen-bond donors (Lipinski definition) is 0. The van der Waals surface area contributed by atoms with Crippen molar-refractivity contribution < 1.29 is 4.79 Å². The smallest absolute Gasteiger partial charge is 0.121 e. The topological polar surface area (TPSA) is 17.1 Å². The Hall–Kier alpha value is -1.25. The van der Waals surface area contributed by atoms with Crippen molar-refractivity contribution in [3.8, 4) is 0 Å². The molecule has 0 spiro atoms. The molecule has 0 aliphatic carbocycles. The molecule has 1 unspecified atom stereocenters. The lowest BCUT2D eigenvalue weighted by molar-refractivity contribution is -0.107. The van der Waals surface area contributed by atoms with Gasteiger partial charge in [-0.3, -0.25) is 0 Å². The van der Waals surface area contributed by atoms with Crippen molar-refractivity contribution in [3.63, 3.8) is 0 Å². The third-order valence-electron chi connectivity index (χ3n) is 2.57. The quantitative estimate of drug-likeness (QED) is 0.578. The Morgan fingerprint density at radius 3 is 2.33 bits per heavy atom. The molecule has 3 heteroatoms. The number of benzene rings is 2. The molecular formula is C15H13ClOS. The van der Waals surface area contributed by atoms with Gasteiger partial charge in [-0.1, -0.05) is 41.9 Å². The second-order valence-corrected chi connectivity index (χ2v) is 5.59. The van der Waals surface area contributed by atoms with Gasteiger partial charge in [0.2, 0.25) is 0 Å². The molecular weight excluding hydrogens is 264 g/mol. The number of carbonyl (C=O) groups is 1. The number of aldehydes is 1. The molecule has 0 amide bonds. The molecule has 0 saturated heterocycles. The van der Waals surface area contributed by atoms with E-state index in [1.54, 1.807) is 11.8 Å². The standard InChI is InChI=1S/C15H13ClOS/c16-13-6-8-14(9-7-13)18-15(10-11-17)12-4-2-1-3-5-12/h1-9,11,15H,10H2. The molecule has 92 valence electrons. The van der Waals surface area contributed by atoms with E-state index in [1.807, 2.05) is 42.5 Å². The lowest BCUT2D eigenvalue weighted by Crippen LogP contribution is -1.94. The molecule has 0 fully saturated rings. The number of halogens is 1. The second kappa shape index (κ2) is 6.62. The Morgan fingerprint density at radius 2 is 1.72 bits per heavy atom. The van der Waals surface area contributed by atoms with E-state index in [1.165, 1.54) is 5.56 Å². The molecule has 1 nitrogen and oxygen atoms in total. The van der Waals surface area contributed by atoms with Crippen LogP contribution in [0, 0.1) is 0 Å². The third kappa shape index (κ3) is 3.62. The highest BCUT2D eigenvalue weighted by atomic mass is 35.5. The average molecular weight is 277 g/mol. The molecule has 0 N–H and O–H groups in total. The molecule has 2 aromatic carbocycles. The summed E-state index contributed by atoms with van der Waals surface area (Å²) in [5, 5.41) is 0.885. The van der Waals surface area contributed by atoms with Crippen LogP contribution in [0.5, 0.6) is 0 Å². The largest absolute Gasteiger partial charge is 0.303 e. The van der Waals surface area contributed by atoms with E-state index in [-0.39, 0.29) is 5.25 Å². The van der Waals surface area contributed by atoms with Crippen LogP contribution in [0.25, 0.3) is 0 Å². The third-order valence-corrected chi connectivity index (χ3v) is 4.12. The molecule has 2 aromatic rings. The fourth-order valence-corrected chi connectivity index (χ4v) is 2.90. The van der Waals surface area contributed by atoms with Crippen LogP contribution >= 0.6 is 23.4 Å². The Morgan fingerprint density at radius 1 is 1.06 bits per heavy atom. The van der Waals surface area contributed by atoms with Crippen molar-refractivity contribution in [2.24, 2.45) is 0 Å². The van der Waals surface area contributed by atoms with Crippen LogP contribution in [0.15, 0.2) is 59.5 Å². The highest BCUT2D eigenvalue weighted by Gasteiger charge is 2.12. The van der Waals surface area contributed by atoms with Crippen LogP contribution in [0.2, 0.25) is 5.02 Å². The van der Waals surface area contributed by atoms with Crippen LogP contribution in [-0.4, -0.2) is 6.29 Å². The lowest BCUT2D eigenvalue weighted by Gasteiger charge is -2.14. The monoisotopic (exact) mass is 276 g/mol. The molecule has 0 aliphatic heterocycles. The average Bonchev–Trinajstić information content (AvgIpc) is 2.42. The van der Waals surface area contributed by atoms with Crippen LogP contribution in [-0.2, 0) is 4.79 Å². The normalized spacial score (nSPS) is 12.1. The number of carbonyl (C=O) groups excluding carboxylic acids is 1. The maximum absolute atomic E-state index is 10.8. The van der Waals surface area contributed by atoms with Crippen molar-refractivity contribution >= 4 is 29.6 Å². The maximum Gasteiger partial charge on any atom is 0.121 e. The highest BCUT2D eigenvalue weighted by Crippen LogP contribution is 2.37. The number of rotatable bonds is 5. The summed E-state index contributed by atoms with van der Waals surface area (Å²) in [6.45, 7) is 0. The summed E-state index contributed by atoms with van der Waals surface area (Å²) in [5.74, 6) is 0. The van der Waals surface area contributed by atoms with Gasteiger partial charge in [0.15, 0.2) is 0 Å². The first-order valence-electron chi connectivity index (χ1n) is 5.70. The van der Waals surface area contributed by atoms with Crippen molar-refractivity contribution in [2.45, 2.75) is 16.6 Å². The van der Waals surface area contributed by atoms with E-state index >= 15 is 0 Å². The zero-order valence-corrected chi connectivity index (χ0v) is 11.3. The molecule has 2 rings (SSSR count). The van der Waals surface area contributed by atoms with Gasteiger partial charge < -0.3 is 4.79 Å². The summed E-state index contributed by atoms with van der Waals surface area (Å²) in [6.07, 6.45) is 1.48. The molecule has 0 heterocycles. The summed E-state index contributed by atoms with van der Waals surface area (Å²) >= 11 is 7.55. The molecule has 1 atom stereocenters. The molecule has 0 radical (unpaired) electrons. The molecule has 0 aliphatic rings. The highest BCUT2D eigenvalue weighted by molar-refractivity contribution is 7.99. The Balaban J connectivity index is 2.16. The van der Waals surface area contributed by atoms with Gasteiger partial charge in [0.25, 0.3) is 0 Å². The zero-order chi connectivity index (χ0) is 12.8. The molecule has 0 aromatic heterocycles. The van der Waals surface area contributed by atoms with Gasteiger partial charge >= 0.3 is 0 Å². The van der Waals surface area contributed by atoms with Crippen molar-refractivity contribution in [3.05, 3.63) is 65.2 Å². The summed E-state index contributed by atoms with van der Waals surface area (Å²) in [5.41, 5.74) is 1.17. The molecule has 0 saturated carbocycles. The van der Waals surface area contributed by atoms with E-state index in [2.05, 4.69) is 12.1 Å². The first-order valence-corrected chi connectivity index (χ1v) is 6.96. The Kier molecular flexibility index (Phi) is 4.85. The van der Waals surface area contributed by atoms with Gasteiger partial charge in [-0.15, -0.1) is 11.8 Å². The van der Waals surface area contributed by atoms with E-state index in [9.17, 15) is 4.79 Å². The van der Waals surface area contributed by atoms with Crippen LogP contribution < -0.4 is 0 Å². The number of hydrogen-bond acceptors (Lipinski definition) is 2. The first-order chi connectivity index (χ1) is 8.79. The van der Waals surface area contributed by atoms with E-state index in [0.717, 1.165) is 16.2 Å². The van der Waals surface area contributed by atoms with E-state index < -0.39 is 0 Å². The predicted octanol–water partition coefficient (Wildman–Crippen LogP) is 4.76. The Bertz CT molecular complexity index is 496. The van der Waals surface area contributed by atoms with Gasteiger partial charge in [-0.2, -0.15) is 0 Å². The summed E-state index contributed by atoms with van der Waals surface area (Å²) in [4.78, 5) is 11.9. The minimum absolute atomic E-state index is 0.157. The minimum atomic E-state index is 0.157. The van der Waals surface area contributed by atoms with Gasteiger partial charge in [0, 0.05) is 21.6 Å². The van der Waals surface area contributed by atoms with E-state index in [4.69, 9.17) is 11.6 Å².